The standard InChI is InChI=1S/C16H34N2O/c1-7-13(4)15-10-17-16(8-2,9-3)12-18(15)11-14(5)19-6/h13-15,17H,7-12H2,1-6H3. The van der Waals surface area contributed by atoms with Gasteiger partial charge in [-0.05, 0) is 25.7 Å². The van der Waals surface area contributed by atoms with Gasteiger partial charge in [0.15, 0.2) is 0 Å². The summed E-state index contributed by atoms with van der Waals surface area (Å²) in [7, 11) is 1.82. The van der Waals surface area contributed by atoms with E-state index in [0.29, 0.717) is 17.7 Å². The van der Waals surface area contributed by atoms with E-state index in [0.717, 1.165) is 25.6 Å². The smallest absolute Gasteiger partial charge is 0.0670 e. The summed E-state index contributed by atoms with van der Waals surface area (Å²) in [6.45, 7) is 14.8. The Morgan fingerprint density at radius 3 is 2.37 bits per heavy atom. The van der Waals surface area contributed by atoms with Gasteiger partial charge in [0.1, 0.15) is 0 Å². The minimum Gasteiger partial charge on any atom is -0.380 e. The minimum atomic E-state index is 0.303. The molecule has 1 rings (SSSR count). The molecule has 114 valence electrons. The molecule has 3 nitrogen and oxygen atoms in total. The van der Waals surface area contributed by atoms with Gasteiger partial charge in [0.05, 0.1) is 6.10 Å². The van der Waals surface area contributed by atoms with Gasteiger partial charge in [-0.25, -0.2) is 0 Å². The number of rotatable bonds is 7. The lowest BCUT2D eigenvalue weighted by Gasteiger charge is -2.49. The highest BCUT2D eigenvalue weighted by molar-refractivity contribution is 4.98. The largest absolute Gasteiger partial charge is 0.380 e. The maximum Gasteiger partial charge on any atom is 0.0670 e. The number of hydrogen-bond acceptors (Lipinski definition) is 3. The zero-order valence-electron chi connectivity index (χ0n) is 13.8. The van der Waals surface area contributed by atoms with Gasteiger partial charge in [0, 0.05) is 38.3 Å². The third-order valence-corrected chi connectivity index (χ3v) is 5.21. The first-order valence-corrected chi connectivity index (χ1v) is 8.03. The zero-order valence-corrected chi connectivity index (χ0v) is 13.8. The lowest BCUT2D eigenvalue weighted by molar-refractivity contribution is 0.00165. The molecule has 0 aromatic heterocycles. The second kappa shape index (κ2) is 7.61. The highest BCUT2D eigenvalue weighted by Gasteiger charge is 2.38. The van der Waals surface area contributed by atoms with Crippen LogP contribution in [0.5, 0.6) is 0 Å². The summed E-state index contributed by atoms with van der Waals surface area (Å²) in [5.41, 5.74) is 0.303. The molecule has 0 amide bonds. The Labute approximate surface area is 120 Å². The average Bonchev–Trinajstić information content (AvgIpc) is 2.46. The summed E-state index contributed by atoms with van der Waals surface area (Å²) in [4.78, 5) is 2.67. The number of piperazine rings is 1. The summed E-state index contributed by atoms with van der Waals surface area (Å²) in [6, 6.07) is 0.647. The van der Waals surface area contributed by atoms with Crippen molar-refractivity contribution >= 4 is 0 Å². The Bertz CT molecular complexity index is 253. The fourth-order valence-corrected chi connectivity index (χ4v) is 3.17. The molecular weight excluding hydrogens is 236 g/mol. The third kappa shape index (κ3) is 4.17. The van der Waals surface area contributed by atoms with Gasteiger partial charge < -0.3 is 10.1 Å². The van der Waals surface area contributed by atoms with Crippen molar-refractivity contribution in [2.45, 2.75) is 71.6 Å². The maximum absolute atomic E-state index is 5.49. The van der Waals surface area contributed by atoms with Crippen molar-refractivity contribution in [3.63, 3.8) is 0 Å². The van der Waals surface area contributed by atoms with Crippen LogP contribution in [0, 0.1) is 5.92 Å². The van der Waals surface area contributed by atoms with Crippen LogP contribution in [0.4, 0.5) is 0 Å². The van der Waals surface area contributed by atoms with Crippen LogP contribution in [-0.4, -0.2) is 49.3 Å². The van der Waals surface area contributed by atoms with Crippen molar-refractivity contribution < 1.29 is 4.74 Å². The van der Waals surface area contributed by atoms with E-state index < -0.39 is 0 Å². The maximum atomic E-state index is 5.49. The molecule has 3 heteroatoms. The van der Waals surface area contributed by atoms with Crippen LogP contribution in [0.3, 0.4) is 0 Å². The summed E-state index contributed by atoms with van der Waals surface area (Å²) >= 11 is 0. The molecule has 1 fully saturated rings. The van der Waals surface area contributed by atoms with Crippen LogP contribution in [-0.2, 0) is 4.74 Å². The Balaban J connectivity index is 2.79. The minimum absolute atomic E-state index is 0.303. The van der Waals surface area contributed by atoms with Gasteiger partial charge in [-0.2, -0.15) is 0 Å². The molecule has 3 unspecified atom stereocenters. The fraction of sp³-hybridized carbons (Fsp3) is 1.00. The number of nitrogens with zero attached hydrogens (tertiary/aromatic N) is 1. The Kier molecular flexibility index (Phi) is 6.78. The molecule has 1 N–H and O–H groups in total. The predicted molar refractivity (Wildman–Crippen MR) is 82.6 cm³/mol. The van der Waals surface area contributed by atoms with Crippen molar-refractivity contribution in [2.24, 2.45) is 5.92 Å². The first-order chi connectivity index (χ1) is 9.01. The molecule has 0 saturated carbocycles. The first-order valence-electron chi connectivity index (χ1n) is 8.03. The van der Waals surface area contributed by atoms with Crippen molar-refractivity contribution in [3.05, 3.63) is 0 Å². The van der Waals surface area contributed by atoms with E-state index in [1.165, 1.54) is 19.3 Å². The van der Waals surface area contributed by atoms with E-state index in [-0.39, 0.29) is 0 Å². The Morgan fingerprint density at radius 2 is 1.89 bits per heavy atom. The fourth-order valence-electron chi connectivity index (χ4n) is 3.17. The summed E-state index contributed by atoms with van der Waals surface area (Å²) in [5, 5.41) is 3.84. The van der Waals surface area contributed by atoms with E-state index >= 15 is 0 Å². The average molecular weight is 270 g/mol. The molecule has 1 aliphatic rings. The highest BCUT2D eigenvalue weighted by atomic mass is 16.5. The van der Waals surface area contributed by atoms with Gasteiger partial charge >= 0.3 is 0 Å². The monoisotopic (exact) mass is 270 g/mol. The van der Waals surface area contributed by atoms with Crippen molar-refractivity contribution in [1.82, 2.24) is 10.2 Å². The van der Waals surface area contributed by atoms with E-state index in [2.05, 4.69) is 44.8 Å². The number of ether oxygens (including phenoxy) is 1. The second-order valence-electron chi connectivity index (χ2n) is 6.30. The number of nitrogens with one attached hydrogen (secondary N) is 1. The van der Waals surface area contributed by atoms with Crippen molar-refractivity contribution in [2.75, 3.05) is 26.7 Å². The van der Waals surface area contributed by atoms with E-state index in [4.69, 9.17) is 4.74 Å². The van der Waals surface area contributed by atoms with Crippen LogP contribution in [0.2, 0.25) is 0 Å². The van der Waals surface area contributed by atoms with Crippen molar-refractivity contribution in [3.8, 4) is 0 Å². The van der Waals surface area contributed by atoms with Gasteiger partial charge in [0.2, 0.25) is 0 Å². The van der Waals surface area contributed by atoms with Crippen LogP contribution in [0.25, 0.3) is 0 Å². The molecule has 1 heterocycles. The Hall–Kier alpha value is -0.120. The van der Waals surface area contributed by atoms with Crippen LogP contribution < -0.4 is 5.32 Å². The molecule has 0 spiro atoms. The SMILES string of the molecule is CCC(C)C1CNC(CC)(CC)CN1CC(C)OC. The Morgan fingerprint density at radius 1 is 1.26 bits per heavy atom. The molecule has 0 aliphatic carbocycles. The van der Waals surface area contributed by atoms with E-state index in [9.17, 15) is 0 Å². The van der Waals surface area contributed by atoms with Crippen LogP contribution >= 0.6 is 0 Å². The lowest BCUT2D eigenvalue weighted by atomic mass is 9.85. The van der Waals surface area contributed by atoms with Gasteiger partial charge in [-0.3, -0.25) is 4.90 Å². The van der Waals surface area contributed by atoms with Gasteiger partial charge in [-0.1, -0.05) is 34.1 Å². The molecule has 1 aliphatic heterocycles. The van der Waals surface area contributed by atoms with Gasteiger partial charge in [-0.15, -0.1) is 0 Å². The molecule has 19 heavy (non-hydrogen) atoms. The molecule has 0 aromatic rings. The zero-order chi connectivity index (χ0) is 14.5. The number of hydrogen-bond donors (Lipinski definition) is 1. The molecule has 3 atom stereocenters. The molecule has 0 aromatic carbocycles. The highest BCUT2D eigenvalue weighted by Crippen LogP contribution is 2.27. The molecule has 1 saturated heterocycles. The van der Waals surface area contributed by atoms with Gasteiger partial charge in [0.25, 0.3) is 0 Å². The predicted octanol–water partition coefficient (Wildman–Crippen LogP) is 2.90. The van der Waals surface area contributed by atoms with E-state index in [1.807, 2.05) is 7.11 Å². The first kappa shape index (κ1) is 16.9. The molecule has 0 bridgehead atoms. The summed E-state index contributed by atoms with van der Waals surface area (Å²) in [6.07, 6.45) is 3.97. The topological polar surface area (TPSA) is 24.5 Å². The number of methoxy groups -OCH3 is 1. The van der Waals surface area contributed by atoms with Crippen LogP contribution in [0.1, 0.15) is 53.9 Å². The molecular formula is C16H34N2O. The van der Waals surface area contributed by atoms with Crippen molar-refractivity contribution in [1.29, 1.82) is 0 Å². The lowest BCUT2D eigenvalue weighted by Crippen LogP contribution is -2.65. The quantitative estimate of drug-likeness (QED) is 0.770. The summed E-state index contributed by atoms with van der Waals surface area (Å²) in [5.74, 6) is 0.739. The van der Waals surface area contributed by atoms with Crippen LogP contribution in [0.15, 0.2) is 0 Å². The summed E-state index contributed by atoms with van der Waals surface area (Å²) < 4.78 is 5.49. The second-order valence-corrected chi connectivity index (χ2v) is 6.30. The normalized spacial score (nSPS) is 27.2. The molecule has 0 radical (unpaired) electrons. The third-order valence-electron chi connectivity index (χ3n) is 5.21. The van der Waals surface area contributed by atoms with E-state index in [1.54, 1.807) is 0 Å².